The Hall–Kier alpha value is -11.5. The van der Waals surface area contributed by atoms with Crippen LogP contribution in [0.4, 0.5) is 32.2 Å². The first-order chi connectivity index (χ1) is 47.5. The Morgan fingerprint density at radius 3 is 1.44 bits per heavy atom. The van der Waals surface area contributed by atoms with Crippen molar-refractivity contribution in [1.29, 1.82) is 0 Å². The quantitative estimate of drug-likeness (QED) is 0.0386. The zero-order chi connectivity index (χ0) is 67.0. The number of fused-ring (bicyclic) bond motifs is 3. The van der Waals surface area contributed by atoms with Gasteiger partial charge < -0.3 is 49.7 Å². The van der Waals surface area contributed by atoms with Crippen LogP contribution in [0.3, 0.4) is 0 Å². The molecule has 0 bridgehead atoms. The third-order valence-corrected chi connectivity index (χ3v) is 15.9. The zero-order valence-corrected chi connectivity index (χ0v) is 54.1. The average molecular weight is 1310 g/mol. The lowest BCUT2D eigenvalue weighted by molar-refractivity contribution is -0.00461. The number of methoxy groups -OCH3 is 2. The first-order valence-electron chi connectivity index (χ1n) is 31.7. The van der Waals surface area contributed by atoms with E-state index in [4.69, 9.17) is 24.2 Å². The number of benzene rings is 3. The minimum Gasteiger partial charge on any atom is -0.379 e. The summed E-state index contributed by atoms with van der Waals surface area (Å²) < 4.78 is 18.4. The Labute approximate surface area is 557 Å². The third-order valence-electron chi connectivity index (χ3n) is 15.9. The average Bonchev–Trinajstić information content (AvgIpc) is 1.71. The number of morpholine rings is 1. The first kappa shape index (κ1) is 65.6. The van der Waals surface area contributed by atoms with E-state index in [1.807, 2.05) is 98.5 Å². The SMILES string of the molecule is CCNC(=O)Nc1nc2c(-c3ccccn3)cc(-c3ccc(CN4CCOCC4)nc3)cc2[nH]1.CCNC(=O)Nc1nc2c(-c3ncccn3)cc(-c3ccc(CN4C[C@H](OC)[C@@H](OC)C4)nc3)cc2[nH]1.CCNC(=O)Nc1nc2c(-c3ncccn3)cc(-n3ccnc3)cc2[nH]1. The summed E-state index contributed by atoms with van der Waals surface area (Å²) >= 11 is 0. The van der Waals surface area contributed by atoms with E-state index in [-0.39, 0.29) is 30.3 Å². The zero-order valence-electron chi connectivity index (χ0n) is 54.1. The number of hydrogen-bond donors (Lipinski definition) is 9. The smallest absolute Gasteiger partial charge is 0.321 e. The largest absolute Gasteiger partial charge is 0.379 e. The molecule has 0 spiro atoms. The number of anilines is 3. The maximum Gasteiger partial charge on any atom is 0.321 e. The molecule has 2 fully saturated rings. The normalized spacial score (nSPS) is 14.7. The van der Waals surface area contributed by atoms with Crippen molar-refractivity contribution in [2.24, 2.45) is 0 Å². The number of nitrogens with one attached hydrogen (secondary N) is 9. The number of imidazole rings is 4. The van der Waals surface area contributed by atoms with Crippen molar-refractivity contribution in [3.63, 3.8) is 0 Å². The highest BCUT2D eigenvalue weighted by Crippen LogP contribution is 2.35. The number of H-pyrrole nitrogens is 3. The lowest BCUT2D eigenvalue weighted by atomic mass is 10.0. The lowest BCUT2D eigenvalue weighted by Gasteiger charge is -2.26. The van der Waals surface area contributed by atoms with Gasteiger partial charge >= 0.3 is 18.1 Å². The Morgan fingerprint density at radius 2 is 0.990 bits per heavy atom. The standard InChI is InChI=1S/C26H30N8O3.C25H27N7O2.C17H16N8O/c1-4-27-26(35)33-25-31-20-11-17(10-19(23(20)32-25)24-28-8-5-9-29-24)16-6-7-18(30-12-16)13-34-14-21(36-2)22(15-34)37-3;1-2-26-25(33)31-24-29-22-14-18(13-20(23(22)30-24)21-5-3-4-8-27-21)17-6-7-19(28-15-17)16-32-9-11-34-12-10-32;1-2-19-17(26)24-16-22-13-9-11(25-7-6-18-10-25)8-12(14(13)23-16)15-20-4-3-5-21-15/h5-12,21-22H,4,13-15H2,1-3H3,(H3,27,31,32,33,35);3-8,13-15H,2,9-12,16H2,1H3,(H3,26,29,30,31,33);3-10H,2H2,1H3,(H3,19,22,23,24,26)/t21-,22-;;/m0../s1. The van der Waals surface area contributed by atoms with Crippen molar-refractivity contribution < 1.29 is 28.6 Å². The first-order valence-corrected chi connectivity index (χ1v) is 31.7. The fraction of sp³-hybridized carbons (Fsp3) is 0.265. The highest BCUT2D eigenvalue weighted by molar-refractivity contribution is 6.00. The van der Waals surface area contributed by atoms with E-state index in [0.29, 0.717) is 60.2 Å². The monoisotopic (exact) mass is 1310 g/mol. The molecule has 29 nitrogen and oxygen atoms in total. The maximum atomic E-state index is 12.0. The number of carbonyl (C=O) groups excluding carboxylic acids is 3. The number of likely N-dealkylation sites (tertiary alicyclic amines) is 1. The lowest BCUT2D eigenvalue weighted by Crippen LogP contribution is -2.35. The van der Waals surface area contributed by atoms with E-state index in [9.17, 15) is 14.4 Å². The molecule has 9 aromatic heterocycles. The van der Waals surface area contributed by atoms with Crippen molar-refractivity contribution in [2.75, 3.05) is 89.2 Å². The Balaban J connectivity index is 0.000000141. The van der Waals surface area contributed by atoms with Gasteiger partial charge in [-0.05, 0) is 105 Å². The molecule has 2 aliphatic rings. The van der Waals surface area contributed by atoms with E-state index >= 15 is 0 Å². The number of hydrogen-bond acceptors (Lipinski definition) is 19. The molecule has 11 heterocycles. The molecule has 97 heavy (non-hydrogen) atoms. The van der Waals surface area contributed by atoms with Crippen molar-refractivity contribution in [1.82, 2.24) is 100 Å². The Bertz CT molecular complexity index is 4580. The molecule has 14 rings (SSSR count). The van der Waals surface area contributed by atoms with Crippen LogP contribution in [-0.2, 0) is 27.3 Å². The number of rotatable bonds is 18. The predicted octanol–water partition coefficient (Wildman–Crippen LogP) is 9.08. The summed E-state index contributed by atoms with van der Waals surface area (Å²) in [5.74, 6) is 2.18. The minimum absolute atomic E-state index is 0.0662. The molecule has 29 heteroatoms. The molecular weight excluding hydrogens is 1230 g/mol. The summed E-state index contributed by atoms with van der Waals surface area (Å²) in [6.07, 6.45) is 17.7. The van der Waals surface area contributed by atoms with Crippen LogP contribution in [0.5, 0.6) is 0 Å². The van der Waals surface area contributed by atoms with Gasteiger partial charge in [-0.2, -0.15) is 0 Å². The van der Waals surface area contributed by atoms with Crippen LogP contribution >= 0.6 is 0 Å². The van der Waals surface area contributed by atoms with Gasteiger partial charge in [-0.25, -0.2) is 54.3 Å². The van der Waals surface area contributed by atoms with Gasteiger partial charge in [0.05, 0.1) is 70.9 Å². The summed E-state index contributed by atoms with van der Waals surface area (Å²) in [5.41, 5.74) is 14.4. The van der Waals surface area contributed by atoms with Crippen molar-refractivity contribution in [2.45, 2.75) is 46.1 Å². The van der Waals surface area contributed by atoms with Crippen molar-refractivity contribution in [3.8, 4) is 62.0 Å². The van der Waals surface area contributed by atoms with Crippen LogP contribution in [0.15, 0.2) is 153 Å². The molecular formula is C68H73N23O6. The van der Waals surface area contributed by atoms with Gasteiger partial charge in [0.25, 0.3) is 0 Å². The van der Waals surface area contributed by atoms with Gasteiger partial charge in [-0.15, -0.1) is 0 Å². The minimum atomic E-state index is -0.328. The molecule has 496 valence electrons. The summed E-state index contributed by atoms with van der Waals surface area (Å²) in [6.45, 7) is 13.7. The third kappa shape index (κ3) is 16.2. The van der Waals surface area contributed by atoms with Crippen LogP contribution in [0.1, 0.15) is 32.2 Å². The molecule has 12 aromatic rings. The number of pyridine rings is 3. The Kier molecular flexibility index (Phi) is 21.1. The second kappa shape index (κ2) is 31.2. The molecule has 0 saturated carbocycles. The van der Waals surface area contributed by atoms with Gasteiger partial charge in [-0.3, -0.25) is 40.7 Å². The molecule has 0 unspecified atom stereocenters. The van der Waals surface area contributed by atoms with Crippen molar-refractivity contribution in [3.05, 3.63) is 164 Å². The predicted molar refractivity (Wildman–Crippen MR) is 368 cm³/mol. The number of aromatic nitrogens is 15. The fourth-order valence-electron chi connectivity index (χ4n) is 11.3. The summed E-state index contributed by atoms with van der Waals surface area (Å²) in [7, 11) is 3.44. The second-order valence-electron chi connectivity index (χ2n) is 22.5. The maximum absolute atomic E-state index is 12.0. The van der Waals surface area contributed by atoms with E-state index in [1.165, 1.54) is 0 Å². The summed E-state index contributed by atoms with van der Waals surface area (Å²) in [5, 5.41) is 16.3. The molecule has 2 aliphatic heterocycles. The highest BCUT2D eigenvalue weighted by atomic mass is 16.5. The molecule has 6 amide bonds. The van der Waals surface area contributed by atoms with Gasteiger partial charge in [0, 0.05) is 162 Å². The van der Waals surface area contributed by atoms with Gasteiger partial charge in [0.1, 0.15) is 11.0 Å². The Morgan fingerprint density at radius 1 is 0.515 bits per heavy atom. The second-order valence-corrected chi connectivity index (χ2v) is 22.5. The van der Waals surface area contributed by atoms with E-state index < -0.39 is 0 Å². The number of ether oxygens (including phenoxy) is 3. The molecule has 0 radical (unpaired) electrons. The van der Waals surface area contributed by atoms with E-state index in [0.717, 1.165) is 136 Å². The molecule has 0 aliphatic carbocycles. The fourth-order valence-corrected chi connectivity index (χ4v) is 11.3. The van der Waals surface area contributed by atoms with Crippen molar-refractivity contribution >= 4 is 69.0 Å². The van der Waals surface area contributed by atoms with Crippen LogP contribution in [0.2, 0.25) is 0 Å². The number of nitrogens with zero attached hydrogens (tertiary/aromatic N) is 14. The van der Waals surface area contributed by atoms with Gasteiger partial charge in [-0.1, -0.05) is 18.2 Å². The van der Waals surface area contributed by atoms with Gasteiger partial charge in [0.15, 0.2) is 11.6 Å². The summed E-state index contributed by atoms with van der Waals surface area (Å²) in [6, 6.07) is 28.6. The summed E-state index contributed by atoms with van der Waals surface area (Å²) in [4.78, 5) is 99.3. The highest BCUT2D eigenvalue weighted by Gasteiger charge is 2.33. The topological polar surface area (TPSA) is 352 Å². The molecule has 9 N–H and O–H groups in total. The van der Waals surface area contributed by atoms with Crippen LogP contribution in [0, 0.1) is 0 Å². The number of aromatic amines is 3. The number of carbonyl (C=O) groups is 3. The van der Waals surface area contributed by atoms with E-state index in [1.54, 1.807) is 69.9 Å². The van der Waals surface area contributed by atoms with E-state index in [2.05, 4.69) is 126 Å². The van der Waals surface area contributed by atoms with Crippen LogP contribution in [-0.4, -0.2) is 188 Å². The molecule has 3 aromatic carbocycles. The number of amides is 6. The molecule has 2 atom stereocenters. The van der Waals surface area contributed by atoms with Crippen LogP contribution < -0.4 is 31.9 Å². The molecule has 2 saturated heterocycles. The van der Waals surface area contributed by atoms with Gasteiger partial charge in [0.2, 0.25) is 17.8 Å². The number of urea groups is 3. The van der Waals surface area contributed by atoms with Crippen LogP contribution in [0.25, 0.3) is 95.1 Å².